The van der Waals surface area contributed by atoms with Crippen LogP contribution in [0, 0.1) is 6.08 Å². The van der Waals surface area contributed by atoms with Crippen LogP contribution in [0.2, 0.25) is 0 Å². The molecule has 1 aromatic rings. The van der Waals surface area contributed by atoms with Gasteiger partial charge in [0.15, 0.2) is 0 Å². The van der Waals surface area contributed by atoms with Crippen LogP contribution >= 0.6 is 0 Å². The van der Waals surface area contributed by atoms with E-state index in [1.54, 1.807) is 6.20 Å². The van der Waals surface area contributed by atoms with Crippen molar-refractivity contribution in [3.63, 3.8) is 0 Å². The van der Waals surface area contributed by atoms with Gasteiger partial charge in [-0.05, 0) is 13.8 Å². The largest absolute Gasteiger partial charge is 0.305 e. The summed E-state index contributed by atoms with van der Waals surface area (Å²) in [6, 6.07) is 0.160. The zero-order chi connectivity index (χ0) is 6.85. The number of imidazole rings is 1. The number of aromatic nitrogens is 2. The van der Waals surface area contributed by atoms with Gasteiger partial charge in [-0.25, -0.2) is 4.98 Å². The van der Waals surface area contributed by atoms with Gasteiger partial charge in [-0.3, -0.25) is 0 Å². The van der Waals surface area contributed by atoms with Crippen molar-refractivity contribution < 1.29 is 4.39 Å². The lowest BCUT2D eigenvalue weighted by atomic mass is 10.4. The van der Waals surface area contributed by atoms with Gasteiger partial charge in [0.2, 0.25) is 0 Å². The first-order chi connectivity index (χ1) is 4.22. The maximum atomic E-state index is 12.5. The van der Waals surface area contributed by atoms with Crippen LogP contribution in [0.5, 0.6) is 0 Å². The molecule has 0 aliphatic rings. The van der Waals surface area contributed by atoms with Crippen LogP contribution in [0.4, 0.5) is 4.39 Å². The molecular weight excluding hydrogens is 119 g/mol. The van der Waals surface area contributed by atoms with Gasteiger partial charge in [0.25, 0.3) is 6.08 Å². The summed E-state index contributed by atoms with van der Waals surface area (Å²) >= 11 is 0. The second kappa shape index (κ2) is 2.17. The zero-order valence-corrected chi connectivity index (χ0v) is 5.50. The van der Waals surface area contributed by atoms with E-state index in [0.29, 0.717) is 0 Å². The molecule has 0 N–H and O–H groups in total. The summed E-state index contributed by atoms with van der Waals surface area (Å²) in [6.07, 6.45) is 2.67. The molecule has 0 amide bonds. The van der Waals surface area contributed by atoms with Crippen molar-refractivity contribution in [1.82, 2.24) is 9.55 Å². The Labute approximate surface area is 53.3 Å². The van der Waals surface area contributed by atoms with Gasteiger partial charge in [0.05, 0.1) is 0 Å². The minimum absolute atomic E-state index is 0.160. The average Bonchev–Trinajstić information content (AvgIpc) is 2.13. The van der Waals surface area contributed by atoms with Crippen LogP contribution in [0.25, 0.3) is 0 Å². The lowest BCUT2D eigenvalue weighted by molar-refractivity contribution is 0.434. The van der Waals surface area contributed by atoms with Gasteiger partial charge >= 0.3 is 0 Å². The van der Waals surface area contributed by atoms with E-state index in [4.69, 9.17) is 0 Å². The second-order valence-corrected chi connectivity index (χ2v) is 2.20. The third-order valence-corrected chi connectivity index (χ3v) is 1.18. The first kappa shape index (κ1) is 6.26. The highest BCUT2D eigenvalue weighted by Gasteiger charge is 2.01. The highest BCUT2D eigenvalue weighted by Crippen LogP contribution is 2.04. The molecule has 1 aromatic heterocycles. The van der Waals surface area contributed by atoms with E-state index in [9.17, 15) is 4.39 Å². The predicted molar refractivity (Wildman–Crippen MR) is 32.6 cm³/mol. The molecule has 1 rings (SSSR count). The van der Waals surface area contributed by atoms with Gasteiger partial charge in [-0.15, -0.1) is 0 Å². The Bertz CT molecular complexity index is 193. The highest BCUT2D eigenvalue weighted by molar-refractivity contribution is 4.79. The van der Waals surface area contributed by atoms with Gasteiger partial charge in [0, 0.05) is 18.4 Å². The summed E-state index contributed by atoms with van der Waals surface area (Å²) in [5.74, 6) is 0. The topological polar surface area (TPSA) is 17.8 Å². The smallest absolute Gasteiger partial charge is 0.289 e. The van der Waals surface area contributed by atoms with Crippen LogP contribution in [0.3, 0.4) is 0 Å². The molecular formula is C6H9FN2. The van der Waals surface area contributed by atoms with E-state index in [1.165, 1.54) is 10.8 Å². The molecule has 1 heterocycles. The van der Waals surface area contributed by atoms with Crippen molar-refractivity contribution in [2.24, 2.45) is 0 Å². The van der Waals surface area contributed by atoms with Crippen molar-refractivity contribution in [3.8, 4) is 0 Å². The number of rotatable bonds is 1. The molecule has 0 saturated carbocycles. The molecule has 0 fully saturated rings. The Morgan fingerprint density at radius 2 is 2.33 bits per heavy atom. The van der Waals surface area contributed by atoms with Crippen LogP contribution < -0.4 is 0 Å². The maximum absolute atomic E-state index is 12.5. The third-order valence-electron chi connectivity index (χ3n) is 1.18. The molecule has 0 aliphatic carbocycles. The number of nitrogens with zero attached hydrogens (tertiary/aromatic N) is 2. The van der Waals surface area contributed by atoms with E-state index in [-0.39, 0.29) is 6.04 Å². The molecule has 0 bridgehead atoms. The molecule has 0 aliphatic heterocycles. The molecule has 0 radical (unpaired) electrons. The summed E-state index contributed by atoms with van der Waals surface area (Å²) in [5.41, 5.74) is 0. The van der Waals surface area contributed by atoms with E-state index >= 15 is 0 Å². The predicted octanol–water partition coefficient (Wildman–Crippen LogP) is 1.60. The Morgan fingerprint density at radius 3 is 2.56 bits per heavy atom. The Morgan fingerprint density at radius 1 is 1.67 bits per heavy atom. The fourth-order valence-electron chi connectivity index (χ4n) is 0.680. The molecule has 2 nitrogen and oxygen atoms in total. The van der Waals surface area contributed by atoms with Gasteiger partial charge < -0.3 is 4.57 Å². The zero-order valence-electron chi connectivity index (χ0n) is 5.50. The first-order valence-corrected chi connectivity index (χ1v) is 2.90. The normalized spacial score (nSPS) is 10.7. The van der Waals surface area contributed by atoms with Crippen LogP contribution in [-0.4, -0.2) is 9.55 Å². The van der Waals surface area contributed by atoms with Crippen molar-refractivity contribution in [1.29, 1.82) is 0 Å². The molecule has 3 heteroatoms. The number of hydrogen-bond acceptors (Lipinski definition) is 1. The number of halogens is 1. The van der Waals surface area contributed by atoms with Crippen molar-refractivity contribution in [2.45, 2.75) is 19.9 Å². The molecule has 0 unspecified atom stereocenters. The minimum atomic E-state index is -0.412. The molecule has 0 aromatic carbocycles. The lowest BCUT2D eigenvalue weighted by Crippen LogP contribution is -2.01. The van der Waals surface area contributed by atoms with Gasteiger partial charge in [-0.1, -0.05) is 0 Å². The quantitative estimate of drug-likeness (QED) is 0.561. The van der Waals surface area contributed by atoms with Crippen LogP contribution in [-0.2, 0) is 0 Å². The molecule has 0 spiro atoms. The van der Waals surface area contributed by atoms with E-state index in [2.05, 4.69) is 4.98 Å². The Balaban J connectivity index is 2.94. The van der Waals surface area contributed by atoms with Crippen molar-refractivity contribution >= 4 is 0 Å². The molecule has 50 valence electrons. The minimum Gasteiger partial charge on any atom is -0.305 e. The van der Waals surface area contributed by atoms with Crippen LogP contribution in [0.15, 0.2) is 12.4 Å². The fourth-order valence-corrected chi connectivity index (χ4v) is 0.680. The summed E-state index contributed by atoms with van der Waals surface area (Å²) in [6.45, 7) is 3.82. The maximum Gasteiger partial charge on any atom is 0.289 e. The van der Waals surface area contributed by atoms with Crippen molar-refractivity contribution in [3.05, 3.63) is 18.5 Å². The van der Waals surface area contributed by atoms with E-state index in [0.717, 1.165) is 0 Å². The summed E-state index contributed by atoms with van der Waals surface area (Å²) in [5, 5.41) is 0. The Hall–Kier alpha value is -0.860. The highest BCUT2D eigenvalue weighted by atomic mass is 19.1. The van der Waals surface area contributed by atoms with Crippen LogP contribution in [0.1, 0.15) is 19.9 Å². The van der Waals surface area contributed by atoms with Gasteiger partial charge in [0.1, 0.15) is 0 Å². The third kappa shape index (κ3) is 1.09. The standard InChI is InChI=1S/C6H9FN2/c1-5(2)9-4-3-8-6(9)7/h3-5H,1-2H3. The fraction of sp³-hybridized carbons (Fsp3) is 0.500. The first-order valence-electron chi connectivity index (χ1n) is 2.90. The van der Waals surface area contributed by atoms with E-state index in [1.807, 2.05) is 13.8 Å². The van der Waals surface area contributed by atoms with Gasteiger partial charge in [-0.2, -0.15) is 4.39 Å². The van der Waals surface area contributed by atoms with Crippen molar-refractivity contribution in [2.75, 3.05) is 0 Å². The number of hydrogen-bond donors (Lipinski definition) is 0. The summed E-state index contributed by atoms with van der Waals surface area (Å²) in [4.78, 5) is 3.43. The average molecular weight is 128 g/mol. The SMILES string of the molecule is CC(C)n1ccnc1F. The molecule has 0 saturated heterocycles. The summed E-state index contributed by atoms with van der Waals surface area (Å²) in [7, 11) is 0. The monoisotopic (exact) mass is 128 g/mol. The Kier molecular flexibility index (Phi) is 1.51. The second-order valence-electron chi connectivity index (χ2n) is 2.20. The lowest BCUT2D eigenvalue weighted by Gasteiger charge is -2.04. The van der Waals surface area contributed by atoms with E-state index < -0.39 is 6.08 Å². The molecule has 0 atom stereocenters. The molecule has 9 heavy (non-hydrogen) atoms. The summed E-state index contributed by atoms with van der Waals surface area (Å²) < 4.78 is 13.9.